The number of carboxylic acids is 1. The fourth-order valence-corrected chi connectivity index (χ4v) is 2.24. The third-order valence-corrected chi connectivity index (χ3v) is 4.06. The fraction of sp³-hybridized carbons (Fsp3) is 0.467. The van der Waals surface area contributed by atoms with Crippen molar-refractivity contribution in [2.24, 2.45) is 5.41 Å². The molecule has 1 aromatic carbocycles. The highest BCUT2D eigenvalue weighted by Crippen LogP contribution is 2.26. The van der Waals surface area contributed by atoms with Crippen LogP contribution in [0, 0.1) is 22.5 Å². The summed E-state index contributed by atoms with van der Waals surface area (Å²) in [7, 11) is 0. The van der Waals surface area contributed by atoms with E-state index in [1.54, 1.807) is 20.8 Å². The minimum atomic E-state index is -0.996. The molecule has 2 N–H and O–H groups in total. The van der Waals surface area contributed by atoms with E-state index in [1.807, 2.05) is 0 Å². The number of carbonyl (C=O) groups is 2. The Morgan fingerprint density at radius 2 is 1.91 bits per heavy atom. The molecule has 22 heavy (non-hydrogen) atoms. The highest BCUT2D eigenvalue weighted by atomic mass is 16.6. The van der Waals surface area contributed by atoms with Crippen molar-refractivity contribution >= 4 is 17.6 Å². The Bertz CT molecular complexity index is 594. The minimum Gasteiger partial charge on any atom is -0.481 e. The summed E-state index contributed by atoms with van der Waals surface area (Å²) in [4.78, 5) is 33.7. The highest BCUT2D eigenvalue weighted by Gasteiger charge is 2.35. The van der Waals surface area contributed by atoms with Crippen LogP contribution in [0.15, 0.2) is 18.2 Å². The molecule has 0 atom stereocenters. The Labute approximate surface area is 128 Å². The number of carboxylic acid groups (broad SMARTS) is 1. The Balaban J connectivity index is 2.90. The summed E-state index contributed by atoms with van der Waals surface area (Å²) in [6.45, 7) is 5.15. The van der Waals surface area contributed by atoms with Crippen LogP contribution in [-0.2, 0) is 4.79 Å². The average Bonchev–Trinajstić information content (AvgIpc) is 2.48. The third-order valence-electron chi connectivity index (χ3n) is 4.06. The SMILES string of the molecule is CCC(CC)(CNC(=O)c1ccc([N+](=O)[O-])cc1C)C(=O)O. The molecule has 0 saturated carbocycles. The van der Waals surface area contributed by atoms with Crippen molar-refractivity contribution in [1.82, 2.24) is 5.32 Å². The lowest BCUT2D eigenvalue weighted by molar-refractivity contribution is -0.384. The van der Waals surface area contributed by atoms with Gasteiger partial charge in [-0.15, -0.1) is 0 Å². The molecule has 7 heteroatoms. The molecule has 0 bridgehead atoms. The summed E-state index contributed by atoms with van der Waals surface area (Å²) < 4.78 is 0. The van der Waals surface area contributed by atoms with Crippen LogP contribution in [0.5, 0.6) is 0 Å². The Kier molecular flexibility index (Phi) is 5.62. The summed E-state index contributed by atoms with van der Waals surface area (Å²) in [5.74, 6) is -1.38. The predicted molar refractivity (Wildman–Crippen MR) is 80.8 cm³/mol. The first-order valence-corrected chi connectivity index (χ1v) is 7.04. The molecule has 7 nitrogen and oxygen atoms in total. The maximum Gasteiger partial charge on any atom is 0.311 e. The van der Waals surface area contributed by atoms with E-state index in [0.29, 0.717) is 24.0 Å². The molecule has 0 heterocycles. The number of benzene rings is 1. The molecule has 0 aliphatic rings. The van der Waals surface area contributed by atoms with Gasteiger partial charge in [0.15, 0.2) is 0 Å². The van der Waals surface area contributed by atoms with Crippen LogP contribution >= 0.6 is 0 Å². The molecule has 0 radical (unpaired) electrons. The van der Waals surface area contributed by atoms with Crippen LogP contribution in [0.1, 0.15) is 42.6 Å². The van der Waals surface area contributed by atoms with E-state index in [-0.39, 0.29) is 12.2 Å². The van der Waals surface area contributed by atoms with Crippen LogP contribution < -0.4 is 5.32 Å². The molecular formula is C15H20N2O5. The molecule has 0 fully saturated rings. The second-order valence-corrected chi connectivity index (χ2v) is 5.23. The number of hydrogen-bond acceptors (Lipinski definition) is 4. The number of rotatable bonds is 7. The Morgan fingerprint density at radius 3 is 2.32 bits per heavy atom. The average molecular weight is 308 g/mol. The van der Waals surface area contributed by atoms with E-state index >= 15 is 0 Å². The number of nitro benzene ring substituents is 1. The van der Waals surface area contributed by atoms with Crippen molar-refractivity contribution in [3.05, 3.63) is 39.4 Å². The lowest BCUT2D eigenvalue weighted by atomic mass is 9.82. The summed E-state index contributed by atoms with van der Waals surface area (Å²) in [5, 5.41) is 22.6. The van der Waals surface area contributed by atoms with Crippen molar-refractivity contribution in [3.63, 3.8) is 0 Å². The van der Waals surface area contributed by atoms with Gasteiger partial charge in [-0.25, -0.2) is 0 Å². The summed E-state index contributed by atoms with van der Waals surface area (Å²) in [6, 6.07) is 3.95. The number of amides is 1. The number of nitrogens with zero attached hydrogens (tertiary/aromatic N) is 1. The summed E-state index contributed by atoms with van der Waals surface area (Å²) in [5.41, 5.74) is -0.307. The quantitative estimate of drug-likeness (QED) is 0.594. The van der Waals surface area contributed by atoms with Gasteiger partial charge in [0, 0.05) is 24.2 Å². The topological polar surface area (TPSA) is 110 Å². The number of hydrogen-bond donors (Lipinski definition) is 2. The van der Waals surface area contributed by atoms with Crippen LogP contribution in [0.4, 0.5) is 5.69 Å². The van der Waals surface area contributed by atoms with E-state index in [2.05, 4.69) is 5.32 Å². The monoisotopic (exact) mass is 308 g/mol. The van der Waals surface area contributed by atoms with Gasteiger partial charge in [0.05, 0.1) is 10.3 Å². The molecule has 0 aliphatic carbocycles. The first kappa shape index (κ1) is 17.6. The van der Waals surface area contributed by atoms with Gasteiger partial charge >= 0.3 is 5.97 Å². The number of aryl methyl sites for hydroxylation is 1. The number of nitro groups is 1. The van der Waals surface area contributed by atoms with Crippen molar-refractivity contribution in [3.8, 4) is 0 Å². The third kappa shape index (κ3) is 3.60. The lowest BCUT2D eigenvalue weighted by Crippen LogP contribution is -2.42. The van der Waals surface area contributed by atoms with Crippen molar-refractivity contribution < 1.29 is 19.6 Å². The molecule has 1 rings (SSSR count). The van der Waals surface area contributed by atoms with Crippen molar-refractivity contribution in [1.29, 1.82) is 0 Å². The van der Waals surface area contributed by atoms with Crippen molar-refractivity contribution in [2.75, 3.05) is 6.54 Å². The van der Waals surface area contributed by atoms with Gasteiger partial charge in [-0.1, -0.05) is 13.8 Å². The van der Waals surface area contributed by atoms with Crippen LogP contribution in [0.3, 0.4) is 0 Å². The zero-order valence-electron chi connectivity index (χ0n) is 12.9. The molecule has 0 saturated heterocycles. The summed E-state index contributed by atoms with van der Waals surface area (Å²) >= 11 is 0. The molecule has 0 aromatic heterocycles. The van der Waals surface area contributed by atoms with Crippen LogP contribution in [0.2, 0.25) is 0 Å². The zero-order chi connectivity index (χ0) is 16.9. The zero-order valence-corrected chi connectivity index (χ0v) is 12.9. The van der Waals surface area contributed by atoms with Gasteiger partial charge in [-0.05, 0) is 31.4 Å². The molecular weight excluding hydrogens is 288 g/mol. The molecule has 1 amide bonds. The van der Waals surface area contributed by atoms with E-state index in [0.717, 1.165) is 0 Å². The van der Waals surface area contributed by atoms with Crippen molar-refractivity contribution in [2.45, 2.75) is 33.6 Å². The highest BCUT2D eigenvalue weighted by molar-refractivity contribution is 5.96. The van der Waals surface area contributed by atoms with E-state index in [9.17, 15) is 24.8 Å². The second-order valence-electron chi connectivity index (χ2n) is 5.23. The first-order valence-electron chi connectivity index (χ1n) is 7.04. The Morgan fingerprint density at radius 1 is 1.32 bits per heavy atom. The second kappa shape index (κ2) is 7.02. The number of non-ortho nitro benzene ring substituents is 1. The number of aliphatic carboxylic acids is 1. The van der Waals surface area contributed by atoms with E-state index in [4.69, 9.17) is 0 Å². The maximum atomic E-state index is 12.2. The normalized spacial score (nSPS) is 11.0. The molecule has 0 unspecified atom stereocenters. The standard InChI is InChI=1S/C15H20N2O5/c1-4-15(5-2,14(19)20)9-16-13(18)12-7-6-11(17(21)22)8-10(12)3/h6-8H,4-5,9H2,1-3H3,(H,16,18)(H,19,20). The van der Waals surface area contributed by atoms with Gasteiger partial charge in [0.2, 0.25) is 0 Å². The smallest absolute Gasteiger partial charge is 0.311 e. The Hall–Kier alpha value is -2.44. The molecule has 120 valence electrons. The van der Waals surface area contributed by atoms with Crippen LogP contribution in [-0.4, -0.2) is 28.5 Å². The van der Waals surface area contributed by atoms with E-state index < -0.39 is 22.2 Å². The number of carbonyl (C=O) groups excluding carboxylic acids is 1. The predicted octanol–water partition coefficient (Wildman–Crippen LogP) is 2.52. The van der Waals surface area contributed by atoms with Gasteiger partial charge < -0.3 is 10.4 Å². The van der Waals surface area contributed by atoms with Gasteiger partial charge in [0.25, 0.3) is 11.6 Å². The largest absolute Gasteiger partial charge is 0.481 e. The first-order chi connectivity index (χ1) is 10.3. The van der Waals surface area contributed by atoms with Crippen LogP contribution in [0.25, 0.3) is 0 Å². The number of nitrogens with one attached hydrogen (secondary N) is 1. The van der Waals surface area contributed by atoms with E-state index in [1.165, 1.54) is 18.2 Å². The fourth-order valence-electron chi connectivity index (χ4n) is 2.24. The maximum absolute atomic E-state index is 12.2. The van der Waals surface area contributed by atoms with Gasteiger partial charge in [0.1, 0.15) is 0 Å². The molecule has 1 aromatic rings. The lowest BCUT2D eigenvalue weighted by Gasteiger charge is -2.26. The van der Waals surface area contributed by atoms with Gasteiger partial charge in [-0.3, -0.25) is 19.7 Å². The molecule has 0 aliphatic heterocycles. The minimum absolute atomic E-state index is 0.0184. The molecule has 0 spiro atoms. The van der Waals surface area contributed by atoms with Gasteiger partial charge in [-0.2, -0.15) is 0 Å². The summed E-state index contributed by atoms with van der Waals surface area (Å²) in [6.07, 6.45) is 0.802.